The van der Waals surface area contributed by atoms with Crippen LogP contribution in [0.25, 0.3) is 94.7 Å². The summed E-state index contributed by atoms with van der Waals surface area (Å²) in [6.07, 6.45) is 0. The minimum absolute atomic E-state index is 0.0647. The molecule has 10 aromatic rings. The molecule has 250 valence electrons. The summed E-state index contributed by atoms with van der Waals surface area (Å²) in [7, 11) is 0. The first-order valence-electron chi connectivity index (χ1n) is 18.0. The van der Waals surface area contributed by atoms with E-state index >= 15 is 0 Å². The molecule has 1 aliphatic carbocycles. The highest BCUT2D eigenvalue weighted by atomic mass is 16.3. The Morgan fingerprint density at radius 3 is 1.87 bits per heavy atom. The zero-order chi connectivity index (χ0) is 35.3. The molecule has 0 radical (unpaired) electrons. The maximum Gasteiger partial charge on any atom is 0.164 e. The van der Waals surface area contributed by atoms with Crippen molar-refractivity contribution in [2.75, 3.05) is 0 Å². The van der Waals surface area contributed by atoms with Crippen molar-refractivity contribution in [2.24, 2.45) is 0 Å². The van der Waals surface area contributed by atoms with Crippen LogP contribution in [0.15, 0.2) is 162 Å². The standard InChI is InChI=1S/C48H32N4O/c1-48(2)39-17-9-6-14-33(39)37-28-42-38(27-40(37)48)34-15-7-10-18-41(34)52(42)32-23-20-30(21-24-32)46-49-45(29-12-4-3-5-13-29)50-47(51-46)31-22-25-36-35-16-8-11-19-43(35)53-44(36)26-31/h3-28H,1-2H3. The van der Waals surface area contributed by atoms with Crippen LogP contribution >= 0.6 is 0 Å². The first-order valence-corrected chi connectivity index (χ1v) is 18.0. The van der Waals surface area contributed by atoms with Gasteiger partial charge in [-0.2, -0.15) is 0 Å². The Bertz CT molecular complexity index is 3080. The highest BCUT2D eigenvalue weighted by Crippen LogP contribution is 2.51. The molecular weight excluding hydrogens is 649 g/mol. The summed E-state index contributed by atoms with van der Waals surface area (Å²) >= 11 is 0. The Balaban J connectivity index is 1.06. The highest BCUT2D eigenvalue weighted by Gasteiger charge is 2.36. The van der Waals surface area contributed by atoms with Gasteiger partial charge in [0, 0.05) is 49.3 Å². The highest BCUT2D eigenvalue weighted by molar-refractivity contribution is 6.11. The van der Waals surface area contributed by atoms with Crippen molar-refractivity contribution < 1.29 is 4.42 Å². The van der Waals surface area contributed by atoms with E-state index in [9.17, 15) is 0 Å². The van der Waals surface area contributed by atoms with Crippen LogP contribution in [0.3, 0.4) is 0 Å². The lowest BCUT2D eigenvalue weighted by molar-refractivity contribution is 0.661. The molecular formula is C48H32N4O. The predicted octanol–water partition coefficient (Wildman–Crippen LogP) is 12.2. The fraction of sp³-hybridized carbons (Fsp3) is 0.0625. The van der Waals surface area contributed by atoms with Gasteiger partial charge in [-0.25, -0.2) is 15.0 Å². The number of hydrogen-bond donors (Lipinski definition) is 0. The third-order valence-electron chi connectivity index (χ3n) is 11.1. The number of fused-ring (bicyclic) bond motifs is 9. The third kappa shape index (κ3) is 4.47. The predicted molar refractivity (Wildman–Crippen MR) is 215 cm³/mol. The van der Waals surface area contributed by atoms with Gasteiger partial charge in [-0.05, 0) is 82.9 Å². The van der Waals surface area contributed by atoms with Crippen molar-refractivity contribution in [3.8, 4) is 51.0 Å². The Morgan fingerprint density at radius 2 is 1.06 bits per heavy atom. The smallest absolute Gasteiger partial charge is 0.164 e. The van der Waals surface area contributed by atoms with Crippen LogP contribution in [0.5, 0.6) is 0 Å². The maximum atomic E-state index is 6.23. The minimum Gasteiger partial charge on any atom is -0.456 e. The van der Waals surface area contributed by atoms with Gasteiger partial charge in [0.05, 0.1) is 11.0 Å². The van der Waals surface area contributed by atoms with Crippen LogP contribution in [-0.2, 0) is 5.41 Å². The summed E-state index contributed by atoms with van der Waals surface area (Å²) in [6, 6.07) is 55.4. The second kappa shape index (κ2) is 11.1. The van der Waals surface area contributed by atoms with Crippen molar-refractivity contribution in [3.63, 3.8) is 0 Å². The van der Waals surface area contributed by atoms with Crippen LogP contribution in [0.2, 0.25) is 0 Å². The van der Waals surface area contributed by atoms with Crippen LogP contribution < -0.4 is 0 Å². The van der Waals surface area contributed by atoms with E-state index in [2.05, 4.69) is 122 Å². The lowest BCUT2D eigenvalue weighted by Gasteiger charge is -2.21. The third-order valence-corrected chi connectivity index (χ3v) is 11.1. The Labute approximate surface area is 305 Å². The molecule has 0 bridgehead atoms. The summed E-state index contributed by atoms with van der Waals surface area (Å²) in [5, 5.41) is 4.68. The van der Waals surface area contributed by atoms with E-state index < -0.39 is 0 Å². The van der Waals surface area contributed by atoms with E-state index in [1.807, 2.05) is 54.6 Å². The van der Waals surface area contributed by atoms with Crippen molar-refractivity contribution in [3.05, 3.63) is 169 Å². The molecule has 0 N–H and O–H groups in total. The lowest BCUT2D eigenvalue weighted by atomic mass is 9.82. The number of aromatic nitrogens is 4. The van der Waals surface area contributed by atoms with Crippen LogP contribution in [-0.4, -0.2) is 19.5 Å². The molecule has 3 heterocycles. The Kier molecular flexibility index (Phi) is 6.23. The van der Waals surface area contributed by atoms with E-state index in [1.54, 1.807) is 0 Å². The fourth-order valence-corrected chi connectivity index (χ4v) is 8.42. The van der Waals surface area contributed by atoms with Crippen LogP contribution in [0.1, 0.15) is 25.0 Å². The molecule has 0 aliphatic heterocycles. The average Bonchev–Trinajstić information content (AvgIpc) is 3.82. The molecule has 0 atom stereocenters. The Hall–Kier alpha value is -6.85. The largest absolute Gasteiger partial charge is 0.456 e. The summed E-state index contributed by atoms with van der Waals surface area (Å²) in [4.78, 5) is 15.0. The zero-order valence-electron chi connectivity index (χ0n) is 29.2. The first kappa shape index (κ1) is 29.8. The molecule has 5 nitrogen and oxygen atoms in total. The van der Waals surface area contributed by atoms with E-state index in [0.717, 1.165) is 44.3 Å². The summed E-state index contributed by atoms with van der Waals surface area (Å²) < 4.78 is 8.62. The topological polar surface area (TPSA) is 56.7 Å². The van der Waals surface area contributed by atoms with Gasteiger partial charge >= 0.3 is 0 Å². The van der Waals surface area contributed by atoms with Crippen molar-refractivity contribution >= 4 is 43.7 Å². The Morgan fingerprint density at radius 1 is 0.434 bits per heavy atom. The van der Waals surface area contributed by atoms with Crippen molar-refractivity contribution in [1.29, 1.82) is 0 Å². The maximum absolute atomic E-state index is 6.23. The van der Waals surface area contributed by atoms with E-state index in [1.165, 1.54) is 44.1 Å². The van der Waals surface area contributed by atoms with Gasteiger partial charge in [0.1, 0.15) is 11.2 Å². The molecule has 11 rings (SSSR count). The van der Waals surface area contributed by atoms with Crippen LogP contribution in [0, 0.1) is 0 Å². The normalized spacial score (nSPS) is 13.2. The molecule has 0 unspecified atom stereocenters. The second-order valence-corrected chi connectivity index (χ2v) is 14.5. The second-order valence-electron chi connectivity index (χ2n) is 14.5. The molecule has 3 aromatic heterocycles. The molecule has 0 spiro atoms. The SMILES string of the molecule is CC1(C)c2ccccc2-c2cc3c(cc21)c1ccccc1n3-c1ccc(-c2nc(-c3ccccc3)nc(-c3ccc4c(c3)oc3ccccc34)n2)cc1. The molecule has 5 heteroatoms. The average molecular weight is 681 g/mol. The summed E-state index contributed by atoms with van der Waals surface area (Å²) in [5.74, 6) is 1.84. The van der Waals surface area contributed by atoms with Gasteiger partial charge in [-0.15, -0.1) is 0 Å². The van der Waals surface area contributed by atoms with Gasteiger partial charge in [-0.1, -0.05) is 111 Å². The van der Waals surface area contributed by atoms with Crippen molar-refractivity contribution in [1.82, 2.24) is 19.5 Å². The molecule has 1 aliphatic rings. The minimum atomic E-state index is -0.0647. The molecule has 7 aromatic carbocycles. The summed E-state index contributed by atoms with van der Waals surface area (Å²) in [6.45, 7) is 4.68. The number of rotatable bonds is 4. The van der Waals surface area contributed by atoms with Gasteiger partial charge in [0.15, 0.2) is 17.5 Å². The van der Waals surface area contributed by atoms with E-state index in [4.69, 9.17) is 19.4 Å². The molecule has 0 saturated heterocycles. The number of hydrogen-bond acceptors (Lipinski definition) is 4. The number of para-hydroxylation sites is 2. The monoisotopic (exact) mass is 680 g/mol. The summed E-state index contributed by atoms with van der Waals surface area (Å²) in [5.41, 5.74) is 13.2. The quantitative estimate of drug-likeness (QED) is 0.186. The first-order chi connectivity index (χ1) is 26.0. The number of nitrogens with zero attached hydrogens (tertiary/aromatic N) is 4. The van der Waals surface area contributed by atoms with Crippen molar-refractivity contribution in [2.45, 2.75) is 19.3 Å². The van der Waals surface area contributed by atoms with Crippen LogP contribution in [0.4, 0.5) is 0 Å². The van der Waals surface area contributed by atoms with E-state index in [0.29, 0.717) is 17.5 Å². The van der Waals surface area contributed by atoms with E-state index in [-0.39, 0.29) is 5.41 Å². The van der Waals surface area contributed by atoms with Gasteiger partial charge in [0.2, 0.25) is 0 Å². The molecule has 0 fully saturated rings. The number of benzene rings is 7. The molecule has 53 heavy (non-hydrogen) atoms. The fourth-order valence-electron chi connectivity index (χ4n) is 8.42. The molecule has 0 amide bonds. The number of furan rings is 1. The zero-order valence-corrected chi connectivity index (χ0v) is 29.2. The van der Waals surface area contributed by atoms with Gasteiger partial charge < -0.3 is 8.98 Å². The van der Waals surface area contributed by atoms with Gasteiger partial charge in [0.25, 0.3) is 0 Å². The molecule has 0 saturated carbocycles. The van der Waals surface area contributed by atoms with Gasteiger partial charge in [-0.3, -0.25) is 0 Å². The lowest BCUT2D eigenvalue weighted by Crippen LogP contribution is -2.14.